The van der Waals surface area contributed by atoms with Gasteiger partial charge < -0.3 is 20.4 Å². The summed E-state index contributed by atoms with van der Waals surface area (Å²) in [6, 6.07) is 68.5. The fraction of sp³-hybridized carbons (Fsp3) is 0.377. The number of rotatable bonds is 17. The number of hydrogen-bond donors (Lipinski definition) is 4. The zero-order valence-corrected chi connectivity index (χ0v) is 92.3. The van der Waals surface area contributed by atoms with Crippen molar-refractivity contribution in [2.24, 2.45) is 0 Å². The number of aromatic hydroxyl groups is 4. The lowest BCUT2D eigenvalue weighted by Crippen LogP contribution is -2.11. The maximum Gasteiger partial charge on any atom is 0.643 e. The minimum absolute atomic E-state index is 0.000000000000000444. The lowest BCUT2D eigenvalue weighted by Gasteiger charge is -2.19. The highest BCUT2D eigenvalue weighted by Crippen LogP contribution is 2.39. The first-order valence-electron chi connectivity index (χ1n) is 44.9. The Morgan fingerprint density at radius 1 is 0.230 bits per heavy atom. The summed E-state index contributed by atoms with van der Waals surface area (Å²) in [6.07, 6.45) is 10.8. The SMILES string of the molecule is CC(C)(C)c1ccc(-c2nc(Cl)nc(-c3ccc(C(C)(C)C)cc3)n2)cc1.CC(C)(C)c1ccc(-c2nc(Cl)nc(-c3ccc(C(C)(C)C)cc3)n2)cc1.CC(C)(C)c1ccccc1.CCCCCCc1cc(-c2nc(-c3ccc(C(C)(C)C)cc3)nc(-c3ccc(C(C)(C)C)cc3)n2)c(O)cc1O.CCCCCCc1ccc(O)cc1O.Clc1nc(Cl)nc(Cl)n1.[Cl][Al]([Cl])[Cl].[Cl][Al]([Cl])[Cl]. The quantitative estimate of drug-likeness (QED) is 0.0490. The van der Waals surface area contributed by atoms with E-state index in [2.05, 4.69) is 307 Å². The van der Waals surface area contributed by atoms with Crippen LogP contribution in [0, 0.1) is 0 Å². The van der Waals surface area contributed by atoms with Crippen molar-refractivity contribution in [1.82, 2.24) is 59.8 Å². The molecular weight excluding hydrogens is 1950 g/mol. The summed E-state index contributed by atoms with van der Waals surface area (Å²) >= 11 is 24.9. The second-order valence-electron chi connectivity index (χ2n) is 39.5. The third kappa shape index (κ3) is 40.7. The van der Waals surface area contributed by atoms with Crippen molar-refractivity contribution in [3.63, 3.8) is 0 Å². The standard InChI is InChI=1S/C35H43N3O2.2C23H26ClN3.C12H18O2.C10H14.C3Cl3N3.2Al.6ClH/c1-8-9-10-11-12-25-21-28(30(40)22-29(25)39)33-37-31(23-13-17-26(18-14-23)34(2,3)4)36-32(38-33)24-15-19-27(20-16-24)35(5,6)7;2*1-22(2,3)17-11-7-15(8-12-17)19-25-20(27-21(24)26-19)16-9-13-18(14-10-16)23(4,5)6;1-2-3-4-5-6-10-7-8-11(13)9-12(10)14;1-10(2,3)9-7-5-4-6-8-9;4-1-7-2(5)9-3(6)8-1;;;;;;;;/h13-22,39-40H,8-12H2,1-7H3;2*7-14H,1-6H3;7-9,13-14H,2-6H2,1H3;4-8H,1-3H3;;;;6*1H/q;;;;;;2*+3;;;;;;/p-6. The van der Waals surface area contributed by atoms with Gasteiger partial charge in [-0.15, -0.1) is 0 Å². The number of halogens is 11. The molecule has 135 heavy (non-hydrogen) atoms. The van der Waals surface area contributed by atoms with E-state index in [4.69, 9.17) is 138 Å². The molecule has 0 saturated carbocycles. The third-order valence-electron chi connectivity index (χ3n) is 21.2. The molecule has 0 aliphatic rings. The van der Waals surface area contributed by atoms with Crippen molar-refractivity contribution >= 4 is 141 Å². The van der Waals surface area contributed by atoms with Gasteiger partial charge in [0.25, 0.3) is 0 Å². The van der Waals surface area contributed by atoms with Gasteiger partial charge in [-0.1, -0.05) is 380 Å². The Hall–Kier alpha value is -7.53. The number of hydrogen-bond acceptors (Lipinski definition) is 16. The summed E-state index contributed by atoms with van der Waals surface area (Å²) < 4.78 is 0. The average Bonchev–Trinajstić information content (AvgIpc) is 0.775. The molecule has 4 heterocycles. The van der Waals surface area contributed by atoms with Crippen LogP contribution in [0.3, 0.4) is 0 Å². The molecule has 0 aliphatic heterocycles. The predicted octanol–water partition coefficient (Wildman–Crippen LogP) is 33.3. The molecule has 0 atom stereocenters. The fourth-order valence-electron chi connectivity index (χ4n) is 13.2. The molecule has 16 nitrogen and oxygen atoms in total. The molecule has 13 aromatic rings. The summed E-state index contributed by atoms with van der Waals surface area (Å²) in [5, 5.41) is 40.4. The Kier molecular flexibility index (Phi) is 46.3. The number of nitrogens with zero attached hydrogens (tertiary/aromatic N) is 12. The van der Waals surface area contributed by atoms with Gasteiger partial charge >= 0.3 is 22.8 Å². The molecule has 0 bridgehead atoms. The fourth-order valence-corrected chi connectivity index (χ4v) is 14.1. The molecule has 0 saturated heterocycles. The van der Waals surface area contributed by atoms with Crippen LogP contribution in [0.4, 0.5) is 0 Å². The summed E-state index contributed by atoms with van der Waals surface area (Å²) in [5.74, 6) is 4.20. The summed E-state index contributed by atoms with van der Waals surface area (Å²) in [5.41, 5.74) is 17.4. The Morgan fingerprint density at radius 2 is 0.452 bits per heavy atom. The topological polar surface area (TPSA) is 236 Å². The number of aromatic nitrogens is 12. The van der Waals surface area contributed by atoms with E-state index in [0.29, 0.717) is 51.7 Å². The monoisotopic (exact) mass is 2070 g/mol. The lowest BCUT2D eigenvalue weighted by molar-refractivity contribution is 0.444. The van der Waals surface area contributed by atoms with E-state index in [0.717, 1.165) is 89.5 Å². The summed E-state index contributed by atoms with van der Waals surface area (Å²) in [7, 11) is 29.7. The van der Waals surface area contributed by atoms with Gasteiger partial charge in [0.2, 0.25) is 26.4 Å². The highest BCUT2D eigenvalue weighted by Gasteiger charge is 2.24. The molecule has 0 aliphatic carbocycles. The maximum atomic E-state index is 10.9. The Morgan fingerprint density at radius 3 is 0.689 bits per heavy atom. The van der Waals surface area contributed by atoms with Crippen molar-refractivity contribution in [2.45, 2.75) is 261 Å². The van der Waals surface area contributed by atoms with E-state index < -0.39 is 22.8 Å². The molecule has 9 aromatic carbocycles. The van der Waals surface area contributed by atoms with E-state index >= 15 is 0 Å². The van der Waals surface area contributed by atoms with E-state index in [1.165, 1.54) is 70.3 Å². The van der Waals surface area contributed by atoms with E-state index in [9.17, 15) is 15.3 Å². The normalized spacial score (nSPS) is 11.5. The van der Waals surface area contributed by atoms with E-state index in [1.807, 2.05) is 78.9 Å². The highest BCUT2D eigenvalue weighted by molar-refractivity contribution is 7.54. The van der Waals surface area contributed by atoms with Crippen LogP contribution in [0.15, 0.2) is 206 Å². The van der Waals surface area contributed by atoms with Crippen molar-refractivity contribution < 1.29 is 20.4 Å². The molecule has 29 heteroatoms. The van der Waals surface area contributed by atoms with Crippen LogP contribution in [0.25, 0.3) is 79.7 Å². The second-order valence-corrected chi connectivity index (χ2v) is 54.0. The third-order valence-corrected chi connectivity index (χ3v) is 22.1. The minimum atomic E-state index is -1.72. The van der Waals surface area contributed by atoms with Gasteiger partial charge in [-0.2, -0.15) is 34.9 Å². The number of phenolic OH excluding ortho intramolecular Hbond substituents is 4. The molecule has 0 radical (unpaired) electrons. The molecule has 0 spiro atoms. The van der Waals surface area contributed by atoms with Crippen molar-refractivity contribution in [1.29, 1.82) is 0 Å². The Labute approximate surface area is 860 Å². The van der Waals surface area contributed by atoms with Crippen LogP contribution >= 0.6 is 118 Å². The minimum Gasteiger partial charge on any atom is -0.508 e. The number of unbranched alkanes of at least 4 members (excludes halogenated alkanes) is 6. The molecule has 4 N–H and O–H groups in total. The first-order valence-corrected chi connectivity index (χ1v) is 57.2. The van der Waals surface area contributed by atoms with Gasteiger partial charge in [-0.05, 0) is 184 Å². The van der Waals surface area contributed by atoms with Crippen molar-refractivity contribution in [2.75, 3.05) is 0 Å². The number of phenols is 4. The first kappa shape index (κ1) is 116. The smallest absolute Gasteiger partial charge is 0.508 e. The van der Waals surface area contributed by atoms with Crippen LogP contribution in [-0.2, 0) is 50.7 Å². The van der Waals surface area contributed by atoms with Gasteiger partial charge in [0, 0.05) is 45.5 Å². The highest BCUT2D eigenvalue weighted by atomic mass is 35.8. The van der Waals surface area contributed by atoms with Crippen LogP contribution < -0.4 is 0 Å². The average molecular weight is 2080 g/mol. The predicted molar refractivity (Wildman–Crippen MR) is 575 cm³/mol. The Balaban J connectivity index is 0.000000261. The van der Waals surface area contributed by atoms with Crippen molar-refractivity contribution in [3.05, 3.63) is 283 Å². The van der Waals surface area contributed by atoms with Gasteiger partial charge in [0.15, 0.2) is 40.8 Å². The number of benzene rings is 9. The zero-order chi connectivity index (χ0) is 101. The molecule has 0 fully saturated rings. The summed E-state index contributed by atoms with van der Waals surface area (Å²) in [4.78, 5) is 51.5. The summed E-state index contributed by atoms with van der Waals surface area (Å²) in [6.45, 7) is 50.5. The van der Waals surface area contributed by atoms with Gasteiger partial charge in [-0.3, -0.25) is 0 Å². The van der Waals surface area contributed by atoms with Crippen LogP contribution in [0.2, 0.25) is 26.4 Å². The largest absolute Gasteiger partial charge is 0.643 e. The van der Waals surface area contributed by atoms with Crippen LogP contribution in [0.5, 0.6) is 23.0 Å². The molecule has 4 aromatic heterocycles. The molecule has 718 valence electrons. The second kappa shape index (κ2) is 53.7. The van der Waals surface area contributed by atoms with Gasteiger partial charge in [0.1, 0.15) is 23.0 Å². The van der Waals surface area contributed by atoms with Gasteiger partial charge in [0.05, 0.1) is 5.56 Å². The molecule has 0 unspecified atom stereocenters. The van der Waals surface area contributed by atoms with Crippen molar-refractivity contribution in [3.8, 4) is 103 Å². The molecule has 0 amide bonds. The van der Waals surface area contributed by atoms with Gasteiger partial charge in [-0.25, -0.2) is 85.2 Å². The van der Waals surface area contributed by atoms with Crippen LogP contribution in [-0.4, -0.2) is 103 Å². The number of aryl methyl sites for hydroxylation is 2. The van der Waals surface area contributed by atoms with E-state index in [1.54, 1.807) is 12.1 Å². The van der Waals surface area contributed by atoms with Crippen LogP contribution in [0.1, 0.15) is 261 Å². The zero-order valence-electron chi connectivity index (χ0n) is 81.7. The maximum absolute atomic E-state index is 10.9. The lowest BCUT2D eigenvalue weighted by atomic mass is 9.86. The Bertz CT molecular complexity index is 5380. The molecule has 13 rings (SSSR count). The first-order chi connectivity index (χ1) is 62.9. The molecular formula is C106H127Al2Cl11N12O4. The van der Waals surface area contributed by atoms with E-state index in [-0.39, 0.29) is 81.9 Å².